The van der Waals surface area contributed by atoms with Crippen molar-refractivity contribution in [3.63, 3.8) is 0 Å². The molecular formula is C16H18O2. The molecule has 1 aromatic rings. The van der Waals surface area contributed by atoms with Gasteiger partial charge in [0, 0.05) is 0 Å². The van der Waals surface area contributed by atoms with Crippen LogP contribution in [0.15, 0.2) is 30.3 Å². The zero-order chi connectivity index (χ0) is 12.1. The predicted octanol–water partition coefficient (Wildman–Crippen LogP) is 3.28. The van der Waals surface area contributed by atoms with E-state index in [-0.39, 0.29) is 12.1 Å². The number of hydrogen-bond acceptors (Lipinski definition) is 2. The van der Waals surface area contributed by atoms with Gasteiger partial charge in [0.1, 0.15) is 6.10 Å². The minimum absolute atomic E-state index is 0.143. The molecule has 4 rings (SSSR count). The fourth-order valence-corrected chi connectivity index (χ4v) is 4.26. The lowest BCUT2D eigenvalue weighted by molar-refractivity contribution is 0.00886. The Hall–Kier alpha value is -1.31. The highest BCUT2D eigenvalue weighted by atomic mass is 16.5. The van der Waals surface area contributed by atoms with Crippen LogP contribution in [0.3, 0.4) is 0 Å². The fourth-order valence-electron chi connectivity index (χ4n) is 4.26. The van der Waals surface area contributed by atoms with E-state index < -0.39 is 0 Å². The Morgan fingerprint density at radius 1 is 0.944 bits per heavy atom. The molecule has 18 heavy (non-hydrogen) atoms. The van der Waals surface area contributed by atoms with Crippen LogP contribution in [0.1, 0.15) is 36.0 Å². The lowest BCUT2D eigenvalue weighted by Gasteiger charge is -2.30. The van der Waals surface area contributed by atoms with Crippen molar-refractivity contribution in [3.05, 3.63) is 35.9 Å². The normalized spacial score (nSPS) is 40.1. The quantitative estimate of drug-likeness (QED) is 0.744. The molecule has 3 saturated carbocycles. The van der Waals surface area contributed by atoms with Crippen LogP contribution >= 0.6 is 0 Å². The van der Waals surface area contributed by atoms with Crippen molar-refractivity contribution in [1.29, 1.82) is 0 Å². The Kier molecular flexibility index (Phi) is 2.26. The summed E-state index contributed by atoms with van der Waals surface area (Å²) >= 11 is 0. The average molecular weight is 242 g/mol. The lowest BCUT2D eigenvalue weighted by Crippen LogP contribution is -2.28. The van der Waals surface area contributed by atoms with Crippen LogP contribution in [0.4, 0.5) is 0 Å². The van der Waals surface area contributed by atoms with E-state index in [0.29, 0.717) is 5.56 Å². The molecule has 2 nitrogen and oxygen atoms in total. The second-order valence-electron chi connectivity index (χ2n) is 6.18. The predicted molar refractivity (Wildman–Crippen MR) is 68.1 cm³/mol. The summed E-state index contributed by atoms with van der Waals surface area (Å²) in [7, 11) is 0. The van der Waals surface area contributed by atoms with Gasteiger partial charge in [-0.1, -0.05) is 18.2 Å². The molecule has 1 aromatic carbocycles. The van der Waals surface area contributed by atoms with E-state index in [1.807, 2.05) is 30.3 Å². The summed E-state index contributed by atoms with van der Waals surface area (Å²) in [5.41, 5.74) is 0.681. The van der Waals surface area contributed by atoms with Gasteiger partial charge in [0.15, 0.2) is 0 Å². The minimum Gasteiger partial charge on any atom is -0.459 e. The van der Waals surface area contributed by atoms with Crippen molar-refractivity contribution in [2.45, 2.75) is 31.8 Å². The number of esters is 1. The molecule has 3 unspecified atom stereocenters. The number of rotatable bonds is 2. The van der Waals surface area contributed by atoms with E-state index in [1.165, 1.54) is 12.8 Å². The van der Waals surface area contributed by atoms with Gasteiger partial charge in [-0.3, -0.25) is 0 Å². The molecule has 0 N–H and O–H groups in total. The van der Waals surface area contributed by atoms with E-state index in [4.69, 9.17) is 4.74 Å². The van der Waals surface area contributed by atoms with Crippen molar-refractivity contribution in [1.82, 2.24) is 0 Å². The molecule has 0 aromatic heterocycles. The van der Waals surface area contributed by atoms with Gasteiger partial charge in [-0.05, 0) is 61.5 Å². The molecule has 5 atom stereocenters. The van der Waals surface area contributed by atoms with Gasteiger partial charge in [-0.2, -0.15) is 0 Å². The zero-order valence-electron chi connectivity index (χ0n) is 10.4. The highest BCUT2D eigenvalue weighted by Gasteiger charge is 2.57. The van der Waals surface area contributed by atoms with Gasteiger partial charge in [-0.25, -0.2) is 4.79 Å². The highest BCUT2D eigenvalue weighted by molar-refractivity contribution is 5.89. The Morgan fingerprint density at radius 3 is 2.28 bits per heavy atom. The number of fused-ring (bicyclic) bond motifs is 5. The molecule has 3 fully saturated rings. The minimum atomic E-state index is -0.143. The van der Waals surface area contributed by atoms with Gasteiger partial charge in [-0.15, -0.1) is 0 Å². The standard InChI is InChI=1S/C16H18O2/c17-16(10-4-2-1-3-5-10)18-13-7-11-6-12(8-13)15-9-14(11)15/h1-5,11-15H,6-9H2/t11?,12?,13?,14-,15+. The Morgan fingerprint density at radius 2 is 1.61 bits per heavy atom. The van der Waals surface area contributed by atoms with E-state index in [2.05, 4.69) is 0 Å². The molecule has 0 heterocycles. The largest absolute Gasteiger partial charge is 0.459 e. The first kappa shape index (κ1) is 10.6. The first-order valence-corrected chi connectivity index (χ1v) is 7.07. The maximum Gasteiger partial charge on any atom is 0.338 e. The second-order valence-corrected chi connectivity index (χ2v) is 6.18. The van der Waals surface area contributed by atoms with Crippen LogP contribution in [0.5, 0.6) is 0 Å². The molecule has 2 heteroatoms. The molecule has 3 aliphatic rings. The third-order valence-electron chi connectivity index (χ3n) is 5.12. The maximum absolute atomic E-state index is 12.0. The summed E-state index contributed by atoms with van der Waals surface area (Å²) in [5.74, 6) is 3.52. The van der Waals surface area contributed by atoms with Gasteiger partial charge in [0.25, 0.3) is 0 Å². The summed E-state index contributed by atoms with van der Waals surface area (Å²) in [6.45, 7) is 0. The summed E-state index contributed by atoms with van der Waals surface area (Å²) in [6.07, 6.45) is 5.24. The van der Waals surface area contributed by atoms with Crippen molar-refractivity contribution in [2.24, 2.45) is 23.7 Å². The summed E-state index contributed by atoms with van der Waals surface area (Å²) in [4.78, 5) is 12.0. The van der Waals surface area contributed by atoms with Crippen molar-refractivity contribution < 1.29 is 9.53 Å². The van der Waals surface area contributed by atoms with E-state index >= 15 is 0 Å². The molecule has 3 aliphatic carbocycles. The van der Waals surface area contributed by atoms with Crippen LogP contribution in [-0.2, 0) is 4.74 Å². The topological polar surface area (TPSA) is 26.3 Å². The number of ether oxygens (including phenoxy) is 1. The van der Waals surface area contributed by atoms with Crippen LogP contribution < -0.4 is 0 Å². The van der Waals surface area contributed by atoms with Crippen LogP contribution in [0.2, 0.25) is 0 Å². The zero-order valence-corrected chi connectivity index (χ0v) is 10.4. The first-order valence-electron chi connectivity index (χ1n) is 7.07. The molecule has 0 aliphatic heterocycles. The van der Waals surface area contributed by atoms with E-state index in [1.54, 1.807) is 0 Å². The number of carbonyl (C=O) groups is 1. The van der Waals surface area contributed by atoms with E-state index in [0.717, 1.165) is 36.5 Å². The summed E-state index contributed by atoms with van der Waals surface area (Å²) in [5, 5.41) is 0. The Balaban J connectivity index is 1.42. The van der Waals surface area contributed by atoms with Crippen molar-refractivity contribution in [2.75, 3.05) is 0 Å². The summed E-state index contributed by atoms with van der Waals surface area (Å²) in [6, 6.07) is 9.35. The molecule has 0 amide bonds. The third-order valence-corrected chi connectivity index (χ3v) is 5.12. The van der Waals surface area contributed by atoms with Crippen LogP contribution in [0.25, 0.3) is 0 Å². The molecule has 0 saturated heterocycles. The lowest BCUT2D eigenvalue weighted by atomic mass is 9.82. The summed E-state index contributed by atoms with van der Waals surface area (Å²) < 4.78 is 5.69. The van der Waals surface area contributed by atoms with Crippen molar-refractivity contribution >= 4 is 5.97 Å². The maximum atomic E-state index is 12.0. The monoisotopic (exact) mass is 242 g/mol. The molecule has 2 bridgehead atoms. The fraction of sp³-hybridized carbons (Fsp3) is 0.562. The van der Waals surface area contributed by atoms with Crippen LogP contribution in [0, 0.1) is 23.7 Å². The van der Waals surface area contributed by atoms with Gasteiger partial charge >= 0.3 is 5.97 Å². The molecule has 94 valence electrons. The van der Waals surface area contributed by atoms with Crippen LogP contribution in [-0.4, -0.2) is 12.1 Å². The molecular weight excluding hydrogens is 224 g/mol. The average Bonchev–Trinajstić information content (AvgIpc) is 3.15. The smallest absolute Gasteiger partial charge is 0.338 e. The molecule has 0 radical (unpaired) electrons. The SMILES string of the molecule is O=C(OC1CC2CC(C1)[C@@H]1C[C@H]21)c1ccccc1. The Bertz CT molecular complexity index is 451. The number of hydrogen-bond donors (Lipinski definition) is 0. The number of carbonyl (C=O) groups excluding carboxylic acids is 1. The van der Waals surface area contributed by atoms with Gasteiger partial charge in [0.05, 0.1) is 5.56 Å². The Labute approximate surface area is 107 Å². The number of benzene rings is 1. The third kappa shape index (κ3) is 1.66. The van der Waals surface area contributed by atoms with Gasteiger partial charge < -0.3 is 4.74 Å². The van der Waals surface area contributed by atoms with Gasteiger partial charge in [0.2, 0.25) is 0 Å². The van der Waals surface area contributed by atoms with Crippen molar-refractivity contribution in [3.8, 4) is 0 Å². The second kappa shape index (κ2) is 3.84. The molecule has 0 spiro atoms. The highest BCUT2D eigenvalue weighted by Crippen LogP contribution is 2.63. The van der Waals surface area contributed by atoms with E-state index in [9.17, 15) is 4.79 Å². The first-order chi connectivity index (χ1) is 8.81.